The molecule has 0 fully saturated rings. The van der Waals surface area contributed by atoms with Crippen LogP contribution in [0.3, 0.4) is 0 Å². The summed E-state index contributed by atoms with van der Waals surface area (Å²) >= 11 is 5.29. The lowest BCUT2D eigenvalue weighted by molar-refractivity contribution is 0.602. The van der Waals surface area contributed by atoms with Gasteiger partial charge in [-0.15, -0.1) is 0 Å². The molecule has 0 amide bonds. The van der Waals surface area contributed by atoms with Crippen molar-refractivity contribution in [2.24, 2.45) is 7.05 Å². The van der Waals surface area contributed by atoms with E-state index in [2.05, 4.69) is 10.1 Å². The number of aromatic nitrogens is 4. The molecule has 0 spiro atoms. The van der Waals surface area contributed by atoms with Crippen LogP contribution in [0.2, 0.25) is 0 Å². The molecule has 0 aliphatic carbocycles. The number of hydrogen-bond donors (Lipinski definition) is 1. The van der Waals surface area contributed by atoms with Crippen molar-refractivity contribution in [1.29, 1.82) is 0 Å². The van der Waals surface area contributed by atoms with E-state index >= 15 is 0 Å². The molecule has 6 nitrogen and oxygen atoms in total. The number of fused-ring (bicyclic) bond motifs is 1. The molecule has 0 radical (unpaired) electrons. The zero-order valence-corrected chi connectivity index (χ0v) is 12.5. The lowest BCUT2D eigenvalue weighted by atomic mass is 10.3. The van der Waals surface area contributed by atoms with Crippen molar-refractivity contribution in [2.75, 3.05) is 6.26 Å². The summed E-state index contributed by atoms with van der Waals surface area (Å²) in [6.07, 6.45) is 2.98. The summed E-state index contributed by atoms with van der Waals surface area (Å²) in [4.78, 5) is 3.19. The van der Waals surface area contributed by atoms with E-state index in [1.54, 1.807) is 27.6 Å². The Kier molecular flexibility index (Phi) is 2.80. The summed E-state index contributed by atoms with van der Waals surface area (Å²) < 4.78 is 27.4. The number of aromatic amines is 1. The third-order valence-electron chi connectivity index (χ3n) is 3.01. The Hall–Kier alpha value is -1.93. The Bertz CT molecular complexity index is 963. The molecule has 20 heavy (non-hydrogen) atoms. The summed E-state index contributed by atoms with van der Waals surface area (Å²) in [7, 11) is -1.52. The average Bonchev–Trinajstić information content (AvgIpc) is 2.89. The first kappa shape index (κ1) is 13.1. The lowest BCUT2D eigenvalue weighted by Gasteiger charge is -2.02. The van der Waals surface area contributed by atoms with E-state index in [0.717, 1.165) is 0 Å². The van der Waals surface area contributed by atoms with Crippen molar-refractivity contribution < 1.29 is 8.42 Å². The maximum absolute atomic E-state index is 11.8. The summed E-state index contributed by atoms with van der Waals surface area (Å²) in [5.74, 6) is 0.648. The van der Waals surface area contributed by atoms with Crippen LogP contribution in [0, 0.1) is 4.77 Å². The molecule has 0 saturated carbocycles. The minimum absolute atomic E-state index is 0.232. The molecule has 1 N–H and O–H groups in total. The number of imidazole rings is 1. The van der Waals surface area contributed by atoms with Gasteiger partial charge in [0.2, 0.25) is 0 Å². The van der Waals surface area contributed by atoms with Crippen molar-refractivity contribution in [1.82, 2.24) is 19.3 Å². The van der Waals surface area contributed by atoms with Crippen molar-refractivity contribution in [3.8, 4) is 5.82 Å². The first-order valence-electron chi connectivity index (χ1n) is 5.82. The highest BCUT2D eigenvalue weighted by atomic mass is 32.2. The quantitative estimate of drug-likeness (QED) is 0.733. The Labute approximate surface area is 120 Å². The largest absolute Gasteiger partial charge is 0.329 e. The highest BCUT2D eigenvalue weighted by molar-refractivity contribution is 7.91. The van der Waals surface area contributed by atoms with Crippen LogP contribution in [-0.2, 0) is 16.9 Å². The highest BCUT2D eigenvalue weighted by Gasteiger charge is 2.16. The molecule has 3 rings (SSSR count). The topological polar surface area (TPSA) is 72.7 Å². The smallest absolute Gasteiger partial charge is 0.184 e. The van der Waals surface area contributed by atoms with E-state index < -0.39 is 9.84 Å². The van der Waals surface area contributed by atoms with Crippen LogP contribution in [-0.4, -0.2) is 34.0 Å². The number of H-pyrrole nitrogens is 1. The van der Waals surface area contributed by atoms with Crippen LogP contribution in [0.4, 0.5) is 0 Å². The van der Waals surface area contributed by atoms with Crippen LogP contribution >= 0.6 is 12.2 Å². The van der Waals surface area contributed by atoms with Gasteiger partial charge in [0.05, 0.1) is 15.9 Å². The Morgan fingerprint density at radius 3 is 2.65 bits per heavy atom. The SMILES string of the molecule is Cn1ccc(-n2c(=S)[nH]c3c(S(C)(=O)=O)cccc32)n1. The summed E-state index contributed by atoms with van der Waals surface area (Å²) in [5, 5.41) is 4.30. The van der Waals surface area contributed by atoms with Gasteiger partial charge in [0, 0.05) is 25.6 Å². The molecule has 104 valence electrons. The second-order valence-electron chi connectivity index (χ2n) is 4.54. The first-order valence-corrected chi connectivity index (χ1v) is 8.12. The number of sulfone groups is 1. The van der Waals surface area contributed by atoms with E-state index in [1.165, 1.54) is 6.26 Å². The number of aryl methyl sites for hydroxylation is 1. The molecule has 0 atom stereocenters. The van der Waals surface area contributed by atoms with Gasteiger partial charge < -0.3 is 4.98 Å². The number of benzene rings is 1. The maximum atomic E-state index is 11.8. The normalized spacial score (nSPS) is 12.1. The van der Waals surface area contributed by atoms with Crippen LogP contribution < -0.4 is 0 Å². The third kappa shape index (κ3) is 1.97. The number of nitrogens with zero attached hydrogens (tertiary/aromatic N) is 3. The summed E-state index contributed by atoms with van der Waals surface area (Å²) in [6.45, 7) is 0. The van der Waals surface area contributed by atoms with E-state index in [0.29, 0.717) is 21.6 Å². The molecule has 2 heterocycles. The second-order valence-corrected chi connectivity index (χ2v) is 6.91. The number of rotatable bonds is 2. The fourth-order valence-electron chi connectivity index (χ4n) is 2.16. The second kappa shape index (κ2) is 4.29. The molecule has 1 aromatic carbocycles. The van der Waals surface area contributed by atoms with Gasteiger partial charge in [-0.2, -0.15) is 5.10 Å². The van der Waals surface area contributed by atoms with Gasteiger partial charge in [0.1, 0.15) is 0 Å². The minimum atomic E-state index is -3.33. The van der Waals surface area contributed by atoms with Gasteiger partial charge in [0.25, 0.3) is 0 Å². The van der Waals surface area contributed by atoms with Gasteiger partial charge in [-0.25, -0.2) is 8.42 Å². The molecule has 3 aromatic rings. The van der Waals surface area contributed by atoms with Crippen molar-refractivity contribution in [2.45, 2.75) is 4.90 Å². The van der Waals surface area contributed by atoms with Crippen molar-refractivity contribution in [3.63, 3.8) is 0 Å². The van der Waals surface area contributed by atoms with Crippen LogP contribution in [0.1, 0.15) is 0 Å². The van der Waals surface area contributed by atoms with E-state index in [9.17, 15) is 8.42 Å². The monoisotopic (exact) mass is 308 g/mol. The van der Waals surface area contributed by atoms with Crippen molar-refractivity contribution >= 4 is 33.1 Å². The molecule has 2 aromatic heterocycles. The van der Waals surface area contributed by atoms with Gasteiger partial charge in [-0.05, 0) is 24.4 Å². The highest BCUT2D eigenvalue weighted by Crippen LogP contribution is 2.24. The molecular weight excluding hydrogens is 296 g/mol. The Morgan fingerprint density at radius 1 is 1.30 bits per heavy atom. The Morgan fingerprint density at radius 2 is 2.05 bits per heavy atom. The minimum Gasteiger partial charge on any atom is -0.329 e. The van der Waals surface area contributed by atoms with Gasteiger partial charge in [0.15, 0.2) is 20.4 Å². The third-order valence-corrected chi connectivity index (χ3v) is 4.43. The van der Waals surface area contributed by atoms with Crippen molar-refractivity contribution in [3.05, 3.63) is 35.2 Å². The zero-order chi connectivity index (χ0) is 14.5. The average molecular weight is 308 g/mol. The summed E-state index contributed by atoms with van der Waals surface area (Å²) in [6, 6.07) is 6.88. The van der Waals surface area contributed by atoms with Crippen LogP contribution in [0.15, 0.2) is 35.4 Å². The predicted octanol–water partition coefficient (Wildman–Crippen LogP) is 1.83. The maximum Gasteiger partial charge on any atom is 0.184 e. The summed E-state index contributed by atoms with van der Waals surface area (Å²) in [5.41, 5.74) is 1.20. The van der Waals surface area contributed by atoms with Crippen LogP contribution in [0.25, 0.3) is 16.9 Å². The number of nitrogens with one attached hydrogen (secondary N) is 1. The molecule has 0 aliphatic rings. The fourth-order valence-corrected chi connectivity index (χ4v) is 3.31. The standard InChI is InChI=1S/C12H12N4O2S2/c1-15-7-6-10(14-15)16-8-4-3-5-9(20(2,17)18)11(8)13-12(16)19/h3-7H,1-2H3,(H,13,19). The fraction of sp³-hybridized carbons (Fsp3) is 0.167. The van der Waals surface area contributed by atoms with E-state index in [4.69, 9.17) is 12.2 Å². The first-order chi connectivity index (χ1) is 9.38. The van der Waals surface area contributed by atoms with Gasteiger partial charge in [-0.3, -0.25) is 9.25 Å². The van der Waals surface area contributed by atoms with E-state index in [-0.39, 0.29) is 4.90 Å². The van der Waals surface area contributed by atoms with Gasteiger partial charge >= 0.3 is 0 Å². The number of hydrogen-bond acceptors (Lipinski definition) is 4. The van der Waals surface area contributed by atoms with Gasteiger partial charge in [-0.1, -0.05) is 6.07 Å². The zero-order valence-electron chi connectivity index (χ0n) is 10.9. The lowest BCUT2D eigenvalue weighted by Crippen LogP contribution is -1.99. The molecular formula is C12H12N4O2S2. The molecule has 0 aliphatic heterocycles. The van der Waals surface area contributed by atoms with Crippen LogP contribution in [0.5, 0.6) is 0 Å². The molecule has 0 unspecified atom stereocenters. The molecule has 0 bridgehead atoms. The predicted molar refractivity (Wildman–Crippen MR) is 78.3 cm³/mol. The number of para-hydroxylation sites is 1. The van der Waals surface area contributed by atoms with E-state index in [1.807, 2.05) is 19.2 Å². The Balaban J connectivity index is 2.42. The molecule has 0 saturated heterocycles. The molecule has 8 heteroatoms.